The fourth-order valence-corrected chi connectivity index (χ4v) is 0. The van der Waals surface area contributed by atoms with Gasteiger partial charge in [0.2, 0.25) is 0 Å². The van der Waals surface area contributed by atoms with Crippen LogP contribution in [0.25, 0.3) is 0 Å². The quantitative estimate of drug-likeness (QED) is 0.234. The second-order valence-electron chi connectivity index (χ2n) is 0. The van der Waals surface area contributed by atoms with Crippen molar-refractivity contribution in [2.45, 2.75) is 0 Å². The number of hydrogen-bond acceptors (Lipinski definition) is 0. The third-order valence-electron chi connectivity index (χ3n) is 0. The van der Waals surface area contributed by atoms with E-state index in [2.05, 4.69) is 0 Å². The number of hydrogen-bond donors (Lipinski definition) is 0. The van der Waals surface area contributed by atoms with Gasteiger partial charge in [0.15, 0.2) is 0 Å². The summed E-state index contributed by atoms with van der Waals surface area (Å²) in [5.74, 6) is 0. The van der Waals surface area contributed by atoms with E-state index in [1.165, 1.54) is 0 Å². The third-order valence-corrected chi connectivity index (χ3v) is 0. The van der Waals surface area contributed by atoms with Crippen molar-refractivity contribution < 1.29 is 171 Å². The molecule has 0 aliphatic carbocycles. The monoisotopic (exact) mass is 628 g/mol. The van der Waals surface area contributed by atoms with Gasteiger partial charge in [0.05, 0.1) is 0 Å². The van der Waals surface area contributed by atoms with Crippen molar-refractivity contribution in [3.05, 3.63) is 0 Å². The molecular formula is Cl10HfMo-6. The summed E-state index contributed by atoms with van der Waals surface area (Å²) in [5, 5.41) is 0. The summed E-state index contributed by atoms with van der Waals surface area (Å²) >= 11 is 0. The van der Waals surface area contributed by atoms with Gasteiger partial charge < -0.3 is 124 Å². The van der Waals surface area contributed by atoms with Crippen LogP contribution in [-0.4, -0.2) is 0 Å². The molecule has 0 unspecified atom stereocenters. The molecule has 86 valence electrons. The van der Waals surface area contributed by atoms with Gasteiger partial charge in [-0.1, -0.05) is 0 Å². The second kappa shape index (κ2) is 163. The maximum Gasteiger partial charge on any atom is 4.00 e. The molecule has 0 aromatic heterocycles. The van der Waals surface area contributed by atoms with Crippen LogP contribution in [0.15, 0.2) is 0 Å². The van der Waals surface area contributed by atoms with E-state index in [1.54, 1.807) is 0 Å². The Kier molecular flexibility index (Phi) is 2680. The molecule has 0 radical (unpaired) electrons. The summed E-state index contributed by atoms with van der Waals surface area (Å²) < 4.78 is 0. The molecule has 0 N–H and O–H groups in total. The van der Waals surface area contributed by atoms with E-state index in [9.17, 15) is 0 Å². The average Bonchev–Trinajstić information content (AvgIpc) is 0. The zero-order valence-electron chi connectivity index (χ0n) is 4.69. The zero-order chi connectivity index (χ0) is 0. The Labute approximate surface area is 168 Å². The van der Waals surface area contributed by atoms with Crippen LogP contribution in [0.1, 0.15) is 0 Å². The van der Waals surface area contributed by atoms with Crippen LogP contribution in [0.3, 0.4) is 0 Å². The van der Waals surface area contributed by atoms with E-state index in [1.807, 2.05) is 0 Å². The van der Waals surface area contributed by atoms with Crippen molar-refractivity contribution in [3.8, 4) is 0 Å². The van der Waals surface area contributed by atoms with E-state index in [0.717, 1.165) is 0 Å². The minimum atomic E-state index is 0. The van der Waals surface area contributed by atoms with Crippen LogP contribution in [0, 0.1) is 0 Å². The Hall–Kier alpha value is 4.46. The predicted molar refractivity (Wildman–Crippen MR) is 0 cm³/mol. The maximum atomic E-state index is 0. The molecule has 0 aliphatic heterocycles. The van der Waals surface area contributed by atoms with Gasteiger partial charge in [0.1, 0.15) is 0 Å². The van der Waals surface area contributed by atoms with Crippen molar-refractivity contribution in [2.75, 3.05) is 0 Å². The van der Waals surface area contributed by atoms with E-state index in [0.29, 0.717) is 0 Å². The SMILES string of the molecule is [Cl-].[Cl-].[Cl-].[Cl-].[Cl-].[Cl-].[Cl-].[Cl-].[Cl-].[Cl-].[Hf+4].[Mo]. The third kappa shape index (κ3) is 132. The van der Waals surface area contributed by atoms with Crippen molar-refractivity contribution in [3.63, 3.8) is 0 Å². The summed E-state index contributed by atoms with van der Waals surface area (Å²) in [6, 6.07) is 0. The normalized spacial score (nSPS) is 0. The molecule has 0 fully saturated rings. The van der Waals surface area contributed by atoms with Gasteiger partial charge in [0, 0.05) is 21.1 Å². The largest absolute Gasteiger partial charge is 4.00 e. The summed E-state index contributed by atoms with van der Waals surface area (Å²) in [4.78, 5) is 0. The molecule has 0 atom stereocenters. The molecular weight excluding hydrogens is 629 g/mol. The predicted octanol–water partition coefficient (Wildman–Crippen LogP) is -30.0. The van der Waals surface area contributed by atoms with Gasteiger partial charge in [-0.05, 0) is 0 Å². The van der Waals surface area contributed by atoms with Crippen molar-refractivity contribution in [1.29, 1.82) is 0 Å². The van der Waals surface area contributed by atoms with Gasteiger partial charge >= 0.3 is 25.8 Å². The van der Waals surface area contributed by atoms with Crippen molar-refractivity contribution in [2.24, 2.45) is 0 Å². The molecule has 0 aromatic rings. The van der Waals surface area contributed by atoms with Crippen molar-refractivity contribution in [1.82, 2.24) is 0 Å². The molecule has 0 bridgehead atoms. The topological polar surface area (TPSA) is 0 Å². The molecule has 0 saturated heterocycles. The Morgan fingerprint density at radius 2 is 0.250 bits per heavy atom. The second-order valence-corrected chi connectivity index (χ2v) is 0. The van der Waals surface area contributed by atoms with Crippen LogP contribution in [0.2, 0.25) is 0 Å². The van der Waals surface area contributed by atoms with Crippen molar-refractivity contribution >= 4 is 0 Å². The molecule has 0 nitrogen and oxygen atoms in total. The van der Waals surface area contributed by atoms with Gasteiger partial charge in [-0.2, -0.15) is 0 Å². The Balaban J connectivity index is 0. The molecule has 0 heterocycles. The molecule has 0 amide bonds. The van der Waals surface area contributed by atoms with Crippen LogP contribution in [-0.2, 0) is 46.9 Å². The van der Waals surface area contributed by atoms with E-state index in [4.69, 9.17) is 0 Å². The average molecular weight is 629 g/mol. The summed E-state index contributed by atoms with van der Waals surface area (Å²) in [6.45, 7) is 0. The van der Waals surface area contributed by atoms with E-state index >= 15 is 0 Å². The minimum Gasteiger partial charge on any atom is -1.00 e. The fourth-order valence-electron chi connectivity index (χ4n) is 0. The minimum absolute atomic E-state index is 0. The van der Waals surface area contributed by atoms with Crippen LogP contribution < -0.4 is 124 Å². The Bertz CT molecular complexity index is 9.80. The van der Waals surface area contributed by atoms with Gasteiger partial charge in [0.25, 0.3) is 0 Å². The molecule has 0 spiro atoms. The summed E-state index contributed by atoms with van der Waals surface area (Å²) in [5.41, 5.74) is 0. The first-order valence-corrected chi connectivity index (χ1v) is 0. The standard InChI is InChI=1S/10ClH.Hf.Mo/h10*1H;;/q;;;;;;;;;;+4;/p-10. The van der Waals surface area contributed by atoms with E-state index in [-0.39, 0.29) is 171 Å². The number of halogens is 10. The first-order chi connectivity index (χ1) is 0. The first-order valence-electron chi connectivity index (χ1n) is 0. The smallest absolute Gasteiger partial charge is 1.00 e. The maximum absolute atomic E-state index is 0. The zero-order valence-corrected chi connectivity index (χ0v) is 17.8. The Morgan fingerprint density at radius 3 is 0.250 bits per heavy atom. The van der Waals surface area contributed by atoms with E-state index < -0.39 is 0 Å². The van der Waals surface area contributed by atoms with Crippen LogP contribution in [0.5, 0.6) is 0 Å². The van der Waals surface area contributed by atoms with Gasteiger partial charge in [-0.3, -0.25) is 0 Å². The van der Waals surface area contributed by atoms with Crippen LogP contribution in [0.4, 0.5) is 0 Å². The molecule has 12 heteroatoms. The molecule has 0 rings (SSSR count). The summed E-state index contributed by atoms with van der Waals surface area (Å²) in [7, 11) is 0. The Morgan fingerprint density at radius 1 is 0.250 bits per heavy atom. The molecule has 0 aliphatic rings. The van der Waals surface area contributed by atoms with Gasteiger partial charge in [-0.15, -0.1) is 0 Å². The summed E-state index contributed by atoms with van der Waals surface area (Å²) in [6.07, 6.45) is 0. The van der Waals surface area contributed by atoms with Gasteiger partial charge in [-0.25, -0.2) is 0 Å². The molecule has 12 heavy (non-hydrogen) atoms. The molecule has 0 aromatic carbocycles. The van der Waals surface area contributed by atoms with Crippen LogP contribution >= 0.6 is 0 Å². The first kappa shape index (κ1) is 198. The molecule has 0 saturated carbocycles. The fraction of sp³-hybridized carbons (Fsp3) is 0. The number of rotatable bonds is 0.